The lowest BCUT2D eigenvalue weighted by molar-refractivity contribution is -0.125. The van der Waals surface area contributed by atoms with Crippen LogP contribution in [0.15, 0.2) is 48.5 Å². The normalized spacial score (nSPS) is 16.1. The summed E-state index contributed by atoms with van der Waals surface area (Å²) in [6, 6.07) is 12.2. The van der Waals surface area contributed by atoms with Crippen LogP contribution in [0.1, 0.15) is 59.9 Å². The molecule has 34 heavy (non-hydrogen) atoms. The molecular weight excluding hydrogens is 433 g/mol. The van der Waals surface area contributed by atoms with Crippen LogP contribution in [0.25, 0.3) is 0 Å². The molecule has 1 saturated heterocycles. The van der Waals surface area contributed by atoms with Crippen LogP contribution in [0.4, 0.5) is 4.39 Å². The van der Waals surface area contributed by atoms with Crippen molar-refractivity contribution in [3.05, 3.63) is 71.0 Å². The van der Waals surface area contributed by atoms with E-state index >= 15 is 0 Å². The van der Waals surface area contributed by atoms with E-state index in [0.717, 1.165) is 5.56 Å². The van der Waals surface area contributed by atoms with Gasteiger partial charge in [-0.25, -0.2) is 4.39 Å². The first kappa shape index (κ1) is 25.4. The summed E-state index contributed by atoms with van der Waals surface area (Å²) in [6.45, 7) is 8.74. The van der Waals surface area contributed by atoms with Gasteiger partial charge in [-0.1, -0.05) is 38.1 Å². The van der Waals surface area contributed by atoms with E-state index in [4.69, 9.17) is 0 Å². The SMILES string of the molecule is Cc1ccccc1C(=O)NC(C(=O)NC(C)C(C)C)C1CCN(C(=O)c2cccc(F)c2)CC1. The first-order valence-electron chi connectivity index (χ1n) is 11.9. The summed E-state index contributed by atoms with van der Waals surface area (Å²) in [4.78, 5) is 40.8. The molecule has 1 fully saturated rings. The zero-order valence-corrected chi connectivity index (χ0v) is 20.3. The highest BCUT2D eigenvalue weighted by molar-refractivity contribution is 5.99. The molecular formula is C27H34FN3O3. The minimum atomic E-state index is -0.709. The van der Waals surface area contributed by atoms with Gasteiger partial charge >= 0.3 is 0 Å². The van der Waals surface area contributed by atoms with Crippen molar-refractivity contribution in [2.45, 2.75) is 52.6 Å². The van der Waals surface area contributed by atoms with Gasteiger partial charge in [0.2, 0.25) is 5.91 Å². The first-order valence-corrected chi connectivity index (χ1v) is 11.9. The highest BCUT2D eigenvalue weighted by atomic mass is 19.1. The molecule has 1 aliphatic rings. The predicted octanol–water partition coefficient (Wildman–Crippen LogP) is 3.95. The average Bonchev–Trinajstić information content (AvgIpc) is 2.82. The number of halogens is 1. The van der Waals surface area contributed by atoms with Gasteiger partial charge in [0.1, 0.15) is 11.9 Å². The maximum absolute atomic E-state index is 13.5. The number of rotatable bonds is 7. The van der Waals surface area contributed by atoms with Gasteiger partial charge in [0.15, 0.2) is 0 Å². The van der Waals surface area contributed by atoms with Crippen molar-refractivity contribution < 1.29 is 18.8 Å². The van der Waals surface area contributed by atoms with Gasteiger partial charge < -0.3 is 15.5 Å². The third-order valence-electron chi connectivity index (χ3n) is 6.70. The molecule has 182 valence electrons. The number of nitrogens with one attached hydrogen (secondary N) is 2. The average molecular weight is 468 g/mol. The molecule has 0 aliphatic carbocycles. The van der Waals surface area contributed by atoms with E-state index in [1.807, 2.05) is 39.8 Å². The van der Waals surface area contributed by atoms with Crippen molar-refractivity contribution >= 4 is 17.7 Å². The number of hydrogen-bond acceptors (Lipinski definition) is 3. The third-order valence-corrected chi connectivity index (χ3v) is 6.70. The summed E-state index contributed by atoms with van der Waals surface area (Å²) < 4.78 is 13.5. The number of nitrogens with zero attached hydrogens (tertiary/aromatic N) is 1. The van der Waals surface area contributed by atoms with Crippen molar-refractivity contribution in [3.63, 3.8) is 0 Å². The predicted molar refractivity (Wildman–Crippen MR) is 130 cm³/mol. The number of amides is 3. The van der Waals surface area contributed by atoms with Crippen LogP contribution in [-0.2, 0) is 4.79 Å². The largest absolute Gasteiger partial charge is 0.352 e. The van der Waals surface area contributed by atoms with Crippen molar-refractivity contribution in [3.8, 4) is 0 Å². The van der Waals surface area contributed by atoms with E-state index in [0.29, 0.717) is 37.1 Å². The number of carbonyl (C=O) groups is 3. The monoisotopic (exact) mass is 467 g/mol. The smallest absolute Gasteiger partial charge is 0.253 e. The van der Waals surface area contributed by atoms with E-state index in [1.165, 1.54) is 18.2 Å². The number of aryl methyl sites for hydroxylation is 1. The molecule has 0 bridgehead atoms. The fourth-order valence-electron chi connectivity index (χ4n) is 4.16. The second kappa shape index (κ2) is 11.3. The Hall–Kier alpha value is -3.22. The Kier molecular flexibility index (Phi) is 8.42. The Balaban J connectivity index is 1.73. The number of benzene rings is 2. The number of piperidine rings is 1. The van der Waals surface area contributed by atoms with Crippen LogP contribution in [0.2, 0.25) is 0 Å². The molecule has 0 radical (unpaired) electrons. The summed E-state index contributed by atoms with van der Waals surface area (Å²) in [7, 11) is 0. The Morgan fingerprint density at radius 2 is 1.65 bits per heavy atom. The zero-order chi connectivity index (χ0) is 24.8. The molecule has 7 heteroatoms. The third kappa shape index (κ3) is 6.22. The lowest BCUT2D eigenvalue weighted by atomic mass is 9.87. The van der Waals surface area contributed by atoms with Gasteiger partial charge in [-0.2, -0.15) is 0 Å². The fraction of sp³-hybridized carbons (Fsp3) is 0.444. The quantitative estimate of drug-likeness (QED) is 0.647. The highest BCUT2D eigenvalue weighted by Crippen LogP contribution is 2.24. The van der Waals surface area contributed by atoms with Gasteiger partial charge in [0, 0.05) is 30.3 Å². The Morgan fingerprint density at radius 1 is 0.971 bits per heavy atom. The summed E-state index contributed by atoms with van der Waals surface area (Å²) in [5, 5.41) is 6.01. The molecule has 1 heterocycles. The summed E-state index contributed by atoms with van der Waals surface area (Å²) in [6.07, 6.45) is 1.12. The Bertz CT molecular complexity index is 1030. The van der Waals surface area contributed by atoms with Crippen LogP contribution in [0.3, 0.4) is 0 Å². The number of likely N-dealkylation sites (tertiary alicyclic amines) is 1. The molecule has 6 nitrogen and oxygen atoms in total. The first-order chi connectivity index (χ1) is 16.2. The second-order valence-corrected chi connectivity index (χ2v) is 9.45. The minimum absolute atomic E-state index is 0.0417. The standard InChI is InChI=1S/C27H34FN3O3/c1-17(2)19(4)29-26(33)24(30-25(32)23-11-6-5-8-18(23)3)20-12-14-31(15-13-20)27(34)21-9-7-10-22(28)16-21/h5-11,16-17,19-20,24H,12-15H2,1-4H3,(H,29,33)(H,30,32). The van der Waals surface area contributed by atoms with Crippen molar-refractivity contribution in [2.24, 2.45) is 11.8 Å². The zero-order valence-electron chi connectivity index (χ0n) is 20.3. The fourth-order valence-corrected chi connectivity index (χ4v) is 4.16. The van der Waals surface area contributed by atoms with E-state index < -0.39 is 11.9 Å². The Morgan fingerprint density at radius 3 is 2.26 bits per heavy atom. The van der Waals surface area contributed by atoms with Crippen LogP contribution in [-0.4, -0.2) is 47.8 Å². The van der Waals surface area contributed by atoms with Gasteiger partial charge in [0.25, 0.3) is 11.8 Å². The maximum Gasteiger partial charge on any atom is 0.253 e. The molecule has 2 aromatic carbocycles. The number of hydrogen-bond donors (Lipinski definition) is 2. The van der Waals surface area contributed by atoms with Crippen LogP contribution in [0, 0.1) is 24.6 Å². The molecule has 3 amide bonds. The molecule has 0 aromatic heterocycles. The minimum Gasteiger partial charge on any atom is -0.352 e. The molecule has 2 N–H and O–H groups in total. The van der Waals surface area contributed by atoms with Crippen LogP contribution >= 0.6 is 0 Å². The van der Waals surface area contributed by atoms with Gasteiger partial charge in [-0.15, -0.1) is 0 Å². The summed E-state index contributed by atoms with van der Waals surface area (Å²) >= 11 is 0. The van der Waals surface area contributed by atoms with Crippen LogP contribution in [0.5, 0.6) is 0 Å². The summed E-state index contributed by atoms with van der Waals surface area (Å²) in [5.41, 5.74) is 1.69. The lowest BCUT2D eigenvalue weighted by Crippen LogP contribution is -2.55. The van der Waals surface area contributed by atoms with Crippen molar-refractivity contribution in [1.29, 1.82) is 0 Å². The van der Waals surface area contributed by atoms with E-state index in [2.05, 4.69) is 10.6 Å². The van der Waals surface area contributed by atoms with Gasteiger partial charge in [0.05, 0.1) is 0 Å². The van der Waals surface area contributed by atoms with E-state index in [-0.39, 0.29) is 35.6 Å². The lowest BCUT2D eigenvalue weighted by Gasteiger charge is -2.36. The molecule has 0 spiro atoms. The second-order valence-electron chi connectivity index (χ2n) is 9.45. The van der Waals surface area contributed by atoms with Crippen molar-refractivity contribution in [1.82, 2.24) is 15.5 Å². The molecule has 2 unspecified atom stereocenters. The van der Waals surface area contributed by atoms with E-state index in [9.17, 15) is 18.8 Å². The summed E-state index contributed by atoms with van der Waals surface area (Å²) in [5.74, 6) is -1.04. The van der Waals surface area contributed by atoms with E-state index in [1.54, 1.807) is 23.1 Å². The topological polar surface area (TPSA) is 78.5 Å². The van der Waals surface area contributed by atoms with Gasteiger partial charge in [-0.05, 0) is 68.4 Å². The maximum atomic E-state index is 13.5. The molecule has 3 rings (SSSR count). The Labute approximate surface area is 200 Å². The van der Waals surface area contributed by atoms with Crippen molar-refractivity contribution in [2.75, 3.05) is 13.1 Å². The van der Waals surface area contributed by atoms with Gasteiger partial charge in [-0.3, -0.25) is 14.4 Å². The molecule has 1 aliphatic heterocycles. The highest BCUT2D eigenvalue weighted by Gasteiger charge is 2.35. The van der Waals surface area contributed by atoms with Crippen LogP contribution < -0.4 is 10.6 Å². The molecule has 2 atom stereocenters. The molecule has 2 aromatic rings. The number of carbonyl (C=O) groups excluding carboxylic acids is 3. The molecule has 0 saturated carbocycles.